The van der Waals surface area contributed by atoms with Crippen molar-refractivity contribution in [3.63, 3.8) is 0 Å². The van der Waals surface area contributed by atoms with Crippen LogP contribution in [0.5, 0.6) is 5.75 Å². The van der Waals surface area contributed by atoms with Crippen molar-refractivity contribution in [2.45, 2.75) is 20.4 Å². The van der Waals surface area contributed by atoms with Gasteiger partial charge < -0.3 is 20.1 Å². The predicted molar refractivity (Wildman–Crippen MR) is 99.3 cm³/mol. The third kappa shape index (κ3) is 9.28. The maximum Gasteiger partial charge on any atom is 0.210 e. The molecule has 142 valence electrons. The summed E-state index contributed by atoms with van der Waals surface area (Å²) in [6.45, 7) is 6.14. The van der Waals surface area contributed by atoms with Gasteiger partial charge in [-0.15, -0.1) is 0 Å². The molecule has 0 amide bonds. The van der Waals surface area contributed by atoms with Crippen molar-refractivity contribution >= 4 is 16.0 Å². The van der Waals surface area contributed by atoms with Crippen LogP contribution in [0, 0.1) is 6.92 Å². The minimum atomic E-state index is -3.50. The molecular formula is C16H28N4O4S. The van der Waals surface area contributed by atoms with Gasteiger partial charge in [0.2, 0.25) is 10.0 Å². The molecule has 0 spiro atoms. The standard InChI is InChI=1S/C16H28N4O4S/c1-4-18-16(19-7-10-25(17,21)22)20-12-14-6-5-13(2)11-15(14)24-9-8-23-3/h5-6,11H,4,7-10,12H2,1-3H3,(H2,17,21,22)(H2,18,19,20). The molecule has 0 unspecified atom stereocenters. The molecule has 0 saturated carbocycles. The summed E-state index contributed by atoms with van der Waals surface area (Å²) in [5, 5.41) is 11.0. The Morgan fingerprint density at radius 3 is 2.68 bits per heavy atom. The molecule has 0 heterocycles. The summed E-state index contributed by atoms with van der Waals surface area (Å²) in [6.07, 6.45) is 0. The van der Waals surface area contributed by atoms with Crippen molar-refractivity contribution in [1.82, 2.24) is 10.6 Å². The van der Waals surface area contributed by atoms with Gasteiger partial charge in [-0.2, -0.15) is 0 Å². The van der Waals surface area contributed by atoms with Crippen molar-refractivity contribution in [3.8, 4) is 5.75 Å². The highest BCUT2D eigenvalue weighted by molar-refractivity contribution is 7.89. The molecule has 1 rings (SSSR count). The first-order chi connectivity index (χ1) is 11.9. The molecule has 4 N–H and O–H groups in total. The van der Waals surface area contributed by atoms with Gasteiger partial charge in [-0.1, -0.05) is 12.1 Å². The molecule has 0 aliphatic carbocycles. The zero-order valence-electron chi connectivity index (χ0n) is 15.0. The second-order valence-electron chi connectivity index (χ2n) is 5.44. The zero-order chi connectivity index (χ0) is 18.7. The van der Waals surface area contributed by atoms with Gasteiger partial charge in [-0.3, -0.25) is 0 Å². The fourth-order valence-corrected chi connectivity index (χ4v) is 2.37. The number of hydrogen-bond acceptors (Lipinski definition) is 5. The topological polar surface area (TPSA) is 115 Å². The quantitative estimate of drug-likeness (QED) is 0.310. The minimum Gasteiger partial charge on any atom is -0.491 e. The summed E-state index contributed by atoms with van der Waals surface area (Å²) in [6, 6.07) is 5.92. The van der Waals surface area contributed by atoms with E-state index in [-0.39, 0.29) is 12.3 Å². The molecule has 25 heavy (non-hydrogen) atoms. The van der Waals surface area contributed by atoms with E-state index in [2.05, 4.69) is 15.6 Å². The van der Waals surface area contributed by atoms with E-state index >= 15 is 0 Å². The van der Waals surface area contributed by atoms with E-state index in [0.717, 1.165) is 16.9 Å². The van der Waals surface area contributed by atoms with Crippen LogP contribution in [0.3, 0.4) is 0 Å². The number of hydrogen-bond donors (Lipinski definition) is 3. The fourth-order valence-electron chi connectivity index (χ4n) is 1.98. The van der Waals surface area contributed by atoms with Crippen molar-refractivity contribution in [2.75, 3.05) is 39.2 Å². The van der Waals surface area contributed by atoms with Gasteiger partial charge in [-0.25, -0.2) is 18.5 Å². The molecule has 0 fully saturated rings. The third-order valence-corrected chi connectivity index (χ3v) is 3.97. The van der Waals surface area contributed by atoms with E-state index in [1.165, 1.54) is 0 Å². The lowest BCUT2D eigenvalue weighted by Gasteiger charge is -2.13. The molecule has 0 atom stereocenters. The average Bonchev–Trinajstić information content (AvgIpc) is 2.53. The first-order valence-electron chi connectivity index (χ1n) is 8.09. The van der Waals surface area contributed by atoms with Crippen LogP contribution in [-0.2, 0) is 21.3 Å². The van der Waals surface area contributed by atoms with Crippen molar-refractivity contribution in [1.29, 1.82) is 0 Å². The molecule has 0 radical (unpaired) electrons. The Balaban J connectivity index is 2.76. The van der Waals surface area contributed by atoms with E-state index < -0.39 is 10.0 Å². The van der Waals surface area contributed by atoms with Gasteiger partial charge in [0.25, 0.3) is 0 Å². The Bertz CT molecular complexity index is 662. The number of ether oxygens (including phenoxy) is 2. The number of benzene rings is 1. The number of rotatable bonds is 10. The van der Waals surface area contributed by atoms with Gasteiger partial charge in [0, 0.05) is 25.8 Å². The maximum atomic E-state index is 11.0. The third-order valence-electron chi connectivity index (χ3n) is 3.20. The van der Waals surface area contributed by atoms with E-state index in [1.807, 2.05) is 32.0 Å². The number of methoxy groups -OCH3 is 1. The van der Waals surface area contributed by atoms with Gasteiger partial charge in [0.1, 0.15) is 12.4 Å². The molecule has 1 aromatic carbocycles. The van der Waals surface area contributed by atoms with Gasteiger partial charge in [0.15, 0.2) is 5.96 Å². The normalized spacial score (nSPS) is 12.1. The first kappa shape index (κ1) is 21.2. The number of aryl methyl sites for hydroxylation is 1. The van der Waals surface area contributed by atoms with Crippen LogP contribution in [0.4, 0.5) is 0 Å². The van der Waals surface area contributed by atoms with E-state index in [4.69, 9.17) is 14.6 Å². The van der Waals surface area contributed by atoms with Crippen LogP contribution >= 0.6 is 0 Å². The van der Waals surface area contributed by atoms with Crippen molar-refractivity contribution < 1.29 is 17.9 Å². The van der Waals surface area contributed by atoms with Crippen LogP contribution in [-0.4, -0.2) is 53.5 Å². The Kier molecular flexibility index (Phi) is 9.25. The molecule has 1 aromatic rings. The lowest BCUT2D eigenvalue weighted by atomic mass is 10.1. The molecule has 0 aromatic heterocycles. The summed E-state index contributed by atoms with van der Waals surface area (Å²) >= 11 is 0. The Hall–Kier alpha value is -1.84. The van der Waals surface area contributed by atoms with Crippen LogP contribution < -0.4 is 20.5 Å². The Morgan fingerprint density at radius 2 is 2.04 bits per heavy atom. The molecule has 0 aliphatic heterocycles. The molecule has 8 nitrogen and oxygen atoms in total. The Labute approximate surface area is 149 Å². The average molecular weight is 372 g/mol. The van der Waals surface area contributed by atoms with Crippen LogP contribution in [0.25, 0.3) is 0 Å². The summed E-state index contributed by atoms with van der Waals surface area (Å²) < 4.78 is 32.8. The number of sulfonamides is 1. The highest BCUT2D eigenvalue weighted by Crippen LogP contribution is 2.21. The lowest BCUT2D eigenvalue weighted by molar-refractivity contribution is 0.146. The first-order valence-corrected chi connectivity index (χ1v) is 9.81. The van der Waals surface area contributed by atoms with Gasteiger partial charge >= 0.3 is 0 Å². The van der Waals surface area contributed by atoms with Crippen LogP contribution in [0.2, 0.25) is 0 Å². The molecule has 0 saturated heterocycles. The zero-order valence-corrected chi connectivity index (χ0v) is 15.9. The van der Waals surface area contributed by atoms with E-state index in [1.54, 1.807) is 7.11 Å². The fraction of sp³-hybridized carbons (Fsp3) is 0.562. The monoisotopic (exact) mass is 372 g/mol. The minimum absolute atomic E-state index is 0.159. The molecular weight excluding hydrogens is 344 g/mol. The smallest absolute Gasteiger partial charge is 0.210 e. The second-order valence-corrected chi connectivity index (χ2v) is 7.18. The summed E-state index contributed by atoms with van der Waals surface area (Å²) in [4.78, 5) is 4.47. The molecule has 9 heteroatoms. The van der Waals surface area contributed by atoms with Crippen molar-refractivity contribution in [3.05, 3.63) is 29.3 Å². The number of primary sulfonamides is 1. The van der Waals surface area contributed by atoms with Crippen molar-refractivity contribution in [2.24, 2.45) is 10.1 Å². The summed E-state index contributed by atoms with van der Waals surface area (Å²) in [5.74, 6) is 1.13. The number of nitrogens with zero attached hydrogens (tertiary/aromatic N) is 1. The molecule has 0 bridgehead atoms. The Morgan fingerprint density at radius 1 is 1.28 bits per heavy atom. The highest BCUT2D eigenvalue weighted by atomic mass is 32.2. The number of aliphatic imine (C=N–C) groups is 1. The van der Waals surface area contributed by atoms with Gasteiger partial charge in [-0.05, 0) is 25.5 Å². The van der Waals surface area contributed by atoms with E-state index in [0.29, 0.717) is 32.3 Å². The van der Waals surface area contributed by atoms with Crippen LogP contribution in [0.1, 0.15) is 18.1 Å². The number of guanidine groups is 1. The largest absolute Gasteiger partial charge is 0.491 e. The van der Waals surface area contributed by atoms with Gasteiger partial charge in [0.05, 0.1) is 18.9 Å². The second kappa shape index (κ2) is 10.9. The molecule has 0 aliphatic rings. The SMILES string of the molecule is CCNC(=NCc1ccc(C)cc1OCCOC)NCCS(N)(=O)=O. The number of nitrogens with two attached hydrogens (primary N) is 1. The summed E-state index contributed by atoms with van der Waals surface area (Å²) in [5.41, 5.74) is 2.03. The van der Waals surface area contributed by atoms with E-state index in [9.17, 15) is 8.42 Å². The maximum absolute atomic E-state index is 11.0. The lowest BCUT2D eigenvalue weighted by Crippen LogP contribution is -2.40. The summed E-state index contributed by atoms with van der Waals surface area (Å²) in [7, 11) is -1.88. The number of nitrogens with one attached hydrogen (secondary N) is 2. The predicted octanol–water partition coefficient (Wildman–Crippen LogP) is 0.364. The van der Waals surface area contributed by atoms with Crippen LogP contribution in [0.15, 0.2) is 23.2 Å². The highest BCUT2D eigenvalue weighted by Gasteiger charge is 2.06.